The van der Waals surface area contributed by atoms with Gasteiger partial charge in [0.15, 0.2) is 0 Å². The highest BCUT2D eigenvalue weighted by atomic mass is 16.6. The van der Waals surface area contributed by atoms with Gasteiger partial charge in [-0.25, -0.2) is 0 Å². The van der Waals surface area contributed by atoms with Gasteiger partial charge in [0, 0.05) is 59.9 Å². The van der Waals surface area contributed by atoms with Gasteiger partial charge in [-0.3, -0.25) is 19.4 Å². The Labute approximate surface area is 221 Å². The fourth-order valence-electron chi connectivity index (χ4n) is 8.02. The first kappa shape index (κ1) is 31.1. The Morgan fingerprint density at radius 1 is 0.639 bits per heavy atom. The Kier molecular flexibility index (Phi) is 9.76. The van der Waals surface area contributed by atoms with Crippen molar-refractivity contribution in [3.8, 4) is 0 Å². The first-order chi connectivity index (χ1) is 16.4. The van der Waals surface area contributed by atoms with Crippen molar-refractivity contribution in [1.82, 2.24) is 9.80 Å². The number of rotatable bonds is 9. The van der Waals surface area contributed by atoms with E-state index in [2.05, 4.69) is 92.9 Å². The molecule has 2 rings (SSSR count). The molecule has 0 N–H and O–H groups in total. The molecule has 2 aliphatic rings. The molecule has 2 heterocycles. The van der Waals surface area contributed by atoms with Crippen LogP contribution in [0, 0.1) is 0 Å². The molecule has 2 unspecified atom stereocenters. The van der Waals surface area contributed by atoms with Crippen molar-refractivity contribution < 1.29 is 19.1 Å². The quantitative estimate of drug-likeness (QED) is 0.332. The molecule has 0 aromatic carbocycles. The van der Waals surface area contributed by atoms with Crippen LogP contribution in [0.15, 0.2) is 0 Å². The molecule has 0 amide bonds. The molecular formula is C30H56N2O4. The van der Waals surface area contributed by atoms with E-state index in [0.717, 1.165) is 38.5 Å². The maximum absolute atomic E-state index is 12.7. The van der Waals surface area contributed by atoms with E-state index in [9.17, 15) is 9.59 Å². The number of nitrogens with zero attached hydrogens (tertiary/aromatic N) is 2. The molecule has 2 saturated heterocycles. The largest absolute Gasteiger partial charge is 0.462 e. The molecule has 0 bridgehead atoms. The third kappa shape index (κ3) is 7.24. The lowest BCUT2D eigenvalue weighted by atomic mass is 9.76. The molecule has 2 fully saturated rings. The predicted molar refractivity (Wildman–Crippen MR) is 147 cm³/mol. The number of piperidine rings is 2. The summed E-state index contributed by atoms with van der Waals surface area (Å²) in [6.07, 6.45) is 5.26. The van der Waals surface area contributed by atoms with Gasteiger partial charge in [-0.15, -0.1) is 0 Å². The van der Waals surface area contributed by atoms with E-state index in [1.54, 1.807) is 0 Å². The third-order valence-electron chi connectivity index (χ3n) is 8.71. The van der Waals surface area contributed by atoms with Crippen LogP contribution < -0.4 is 0 Å². The normalized spacial score (nSPS) is 26.2. The summed E-state index contributed by atoms with van der Waals surface area (Å²) in [5.41, 5.74) is -0.259. The van der Waals surface area contributed by atoms with E-state index in [1.807, 2.05) is 0 Å². The Balaban J connectivity index is 1.90. The van der Waals surface area contributed by atoms with Crippen LogP contribution in [0.25, 0.3) is 0 Å². The Morgan fingerprint density at radius 2 is 0.889 bits per heavy atom. The fraction of sp³-hybridized carbons (Fsp3) is 0.933. The average molecular weight is 509 g/mol. The van der Waals surface area contributed by atoms with Crippen LogP contribution in [0.4, 0.5) is 0 Å². The second-order valence-corrected chi connectivity index (χ2v) is 14.0. The molecule has 6 heteroatoms. The van der Waals surface area contributed by atoms with Crippen molar-refractivity contribution in [3.63, 3.8) is 0 Å². The summed E-state index contributed by atoms with van der Waals surface area (Å²) in [5, 5.41) is 0. The van der Waals surface area contributed by atoms with Crippen LogP contribution in [0.2, 0.25) is 0 Å². The molecule has 0 aliphatic carbocycles. The average Bonchev–Trinajstić information content (AvgIpc) is 2.68. The number of carbonyl (C=O) groups is 2. The number of hydrogen-bond acceptors (Lipinski definition) is 6. The second-order valence-electron chi connectivity index (χ2n) is 14.0. The molecule has 0 spiro atoms. The van der Waals surface area contributed by atoms with Gasteiger partial charge >= 0.3 is 11.9 Å². The van der Waals surface area contributed by atoms with Crippen molar-refractivity contribution in [3.05, 3.63) is 0 Å². The van der Waals surface area contributed by atoms with E-state index in [4.69, 9.17) is 9.47 Å². The maximum atomic E-state index is 12.7. The predicted octanol–water partition coefficient (Wildman–Crippen LogP) is 6.49. The van der Waals surface area contributed by atoms with E-state index >= 15 is 0 Å². The van der Waals surface area contributed by atoms with E-state index in [0.29, 0.717) is 12.1 Å². The monoisotopic (exact) mass is 508 g/mol. The molecule has 2 atom stereocenters. The van der Waals surface area contributed by atoms with Crippen LogP contribution >= 0.6 is 0 Å². The maximum Gasteiger partial charge on any atom is 0.306 e. The second kappa shape index (κ2) is 11.3. The zero-order chi connectivity index (χ0) is 27.7. The van der Waals surface area contributed by atoms with Gasteiger partial charge < -0.3 is 9.47 Å². The van der Waals surface area contributed by atoms with Crippen LogP contribution in [-0.2, 0) is 19.1 Å². The van der Waals surface area contributed by atoms with Crippen LogP contribution in [0.3, 0.4) is 0 Å². The minimum absolute atomic E-state index is 0.0647. The van der Waals surface area contributed by atoms with Gasteiger partial charge in [0.1, 0.15) is 12.2 Å². The molecule has 6 nitrogen and oxygen atoms in total. The fourth-order valence-corrected chi connectivity index (χ4v) is 8.02. The summed E-state index contributed by atoms with van der Waals surface area (Å²) < 4.78 is 11.8. The highest BCUT2D eigenvalue weighted by molar-refractivity contribution is 5.77. The number of esters is 2. The SMILES string of the molecule is CCC(C)N1C(C)(C)CC(OC(=O)CCC(=O)OC2CC(C)(C)N(C(C)CC)C(C)(C)C2)CC1(C)C. The molecule has 0 aromatic heterocycles. The molecule has 36 heavy (non-hydrogen) atoms. The summed E-state index contributed by atoms with van der Waals surface area (Å²) in [5.74, 6) is -0.597. The van der Waals surface area contributed by atoms with Crippen molar-refractivity contribution >= 4 is 11.9 Å². The van der Waals surface area contributed by atoms with Gasteiger partial charge in [-0.2, -0.15) is 0 Å². The van der Waals surface area contributed by atoms with E-state index < -0.39 is 0 Å². The van der Waals surface area contributed by atoms with Crippen LogP contribution in [0.1, 0.15) is 134 Å². The third-order valence-corrected chi connectivity index (χ3v) is 8.71. The van der Waals surface area contributed by atoms with Crippen LogP contribution in [0.5, 0.6) is 0 Å². The Morgan fingerprint density at radius 3 is 1.11 bits per heavy atom. The molecule has 0 aromatic rings. The van der Waals surface area contributed by atoms with Crippen molar-refractivity contribution in [1.29, 1.82) is 0 Å². The zero-order valence-electron chi connectivity index (χ0n) is 25.5. The molecule has 0 saturated carbocycles. The molecular weight excluding hydrogens is 452 g/mol. The van der Waals surface area contributed by atoms with Gasteiger partial charge in [-0.1, -0.05) is 13.8 Å². The van der Waals surface area contributed by atoms with Gasteiger partial charge in [0.2, 0.25) is 0 Å². The van der Waals surface area contributed by atoms with Crippen LogP contribution in [-0.4, -0.2) is 68.2 Å². The van der Waals surface area contributed by atoms with Gasteiger partial charge in [-0.05, 0) is 82.1 Å². The number of ether oxygens (including phenoxy) is 2. The lowest BCUT2D eigenvalue weighted by Crippen LogP contribution is -2.65. The Hall–Kier alpha value is -1.14. The minimum Gasteiger partial charge on any atom is -0.462 e. The van der Waals surface area contributed by atoms with E-state index in [-0.39, 0.29) is 59.1 Å². The molecule has 2 aliphatic heterocycles. The summed E-state index contributed by atoms with van der Waals surface area (Å²) in [6.45, 7) is 26.9. The number of hydrogen-bond donors (Lipinski definition) is 0. The van der Waals surface area contributed by atoms with Crippen molar-refractivity contribution in [2.75, 3.05) is 0 Å². The van der Waals surface area contributed by atoms with Gasteiger partial charge in [0.25, 0.3) is 0 Å². The molecule has 210 valence electrons. The van der Waals surface area contributed by atoms with Gasteiger partial charge in [0.05, 0.1) is 12.8 Å². The standard InChI is InChI=1S/C30H56N2O4/c1-13-21(3)31-27(5,6)17-23(18-28(31,7)8)35-25(33)15-16-26(34)36-24-19-29(9,10)32(22(4)14-2)30(11,12)20-24/h21-24H,13-20H2,1-12H3. The summed E-state index contributed by atoms with van der Waals surface area (Å²) in [7, 11) is 0. The van der Waals surface area contributed by atoms with E-state index in [1.165, 1.54) is 0 Å². The Bertz CT molecular complexity index is 673. The highest BCUT2D eigenvalue weighted by Crippen LogP contribution is 2.43. The molecule has 0 radical (unpaired) electrons. The lowest BCUT2D eigenvalue weighted by molar-refractivity contribution is -0.170. The minimum atomic E-state index is -0.298. The first-order valence-corrected chi connectivity index (χ1v) is 14.3. The highest BCUT2D eigenvalue weighted by Gasteiger charge is 2.49. The topological polar surface area (TPSA) is 59.1 Å². The number of likely N-dealkylation sites (tertiary alicyclic amines) is 2. The summed E-state index contributed by atoms with van der Waals surface area (Å²) in [6, 6.07) is 0.932. The summed E-state index contributed by atoms with van der Waals surface area (Å²) >= 11 is 0. The van der Waals surface area contributed by atoms with Crippen molar-refractivity contribution in [2.24, 2.45) is 0 Å². The zero-order valence-corrected chi connectivity index (χ0v) is 25.5. The summed E-state index contributed by atoms with van der Waals surface area (Å²) in [4.78, 5) is 30.6. The van der Waals surface area contributed by atoms with Crippen molar-refractivity contribution in [2.45, 2.75) is 181 Å². The number of carbonyl (C=O) groups excluding carboxylic acids is 2. The first-order valence-electron chi connectivity index (χ1n) is 14.3. The lowest BCUT2D eigenvalue weighted by Gasteiger charge is -2.57. The smallest absolute Gasteiger partial charge is 0.306 e.